The molecule has 1 unspecified atom stereocenters. The number of rotatable bonds is 6. The van der Waals surface area contributed by atoms with E-state index in [0.29, 0.717) is 18.2 Å². The number of hydrogen-bond donors (Lipinski definition) is 2. The van der Waals surface area contributed by atoms with Crippen molar-refractivity contribution in [2.75, 3.05) is 19.6 Å². The Labute approximate surface area is 165 Å². The number of carbonyl (C=O) groups excluding carboxylic acids is 1. The topological polar surface area (TPSA) is 65.7 Å². The van der Waals surface area contributed by atoms with Gasteiger partial charge in [-0.05, 0) is 54.3 Å². The highest BCUT2D eigenvalue weighted by atomic mass is 16.4. The van der Waals surface area contributed by atoms with E-state index in [1.165, 1.54) is 0 Å². The molecule has 1 amide bonds. The van der Waals surface area contributed by atoms with Crippen LogP contribution in [0.2, 0.25) is 0 Å². The Morgan fingerprint density at radius 3 is 2.79 bits per heavy atom. The lowest BCUT2D eigenvalue weighted by Gasteiger charge is -2.32. The molecule has 2 aromatic carbocycles. The molecule has 0 radical (unpaired) electrons. The van der Waals surface area contributed by atoms with Gasteiger partial charge in [-0.15, -0.1) is 0 Å². The Hall–Kier alpha value is -2.63. The predicted molar refractivity (Wildman–Crippen MR) is 109 cm³/mol. The zero-order chi connectivity index (χ0) is 19.3. The van der Waals surface area contributed by atoms with Crippen LogP contribution in [0, 0.1) is 5.92 Å². The molecule has 0 spiro atoms. The maximum atomic E-state index is 12.7. The van der Waals surface area contributed by atoms with E-state index >= 15 is 0 Å². The summed E-state index contributed by atoms with van der Waals surface area (Å²) in [6.07, 6.45) is 2.23. The second-order valence-corrected chi connectivity index (χ2v) is 7.51. The second kappa shape index (κ2) is 8.59. The largest absolute Gasteiger partial charge is 0.462 e. The van der Waals surface area contributed by atoms with E-state index in [1.54, 1.807) is 0 Å². The number of hydrogen-bond acceptors (Lipinski definition) is 4. The molecule has 2 N–H and O–H groups in total. The van der Waals surface area contributed by atoms with Crippen LogP contribution in [0.1, 0.15) is 34.7 Å². The fourth-order valence-electron chi connectivity index (χ4n) is 4.03. The average Bonchev–Trinajstić information content (AvgIpc) is 3.19. The molecule has 1 aliphatic rings. The first-order valence-electron chi connectivity index (χ1n) is 9.89. The highest BCUT2D eigenvalue weighted by Gasteiger charge is 2.22. The van der Waals surface area contributed by atoms with Gasteiger partial charge in [0.15, 0.2) is 0 Å². The molecule has 146 valence electrons. The van der Waals surface area contributed by atoms with Crippen molar-refractivity contribution >= 4 is 16.7 Å². The summed E-state index contributed by atoms with van der Waals surface area (Å²) in [5.74, 6) is 1.91. The Bertz CT molecular complexity index is 944. The molecule has 0 saturated carbocycles. The van der Waals surface area contributed by atoms with Gasteiger partial charge in [0.2, 0.25) is 0 Å². The molecule has 1 atom stereocenters. The Kier molecular flexibility index (Phi) is 5.74. The number of aliphatic hydroxyl groups excluding tert-OH is 1. The number of benzene rings is 2. The van der Waals surface area contributed by atoms with Gasteiger partial charge in [-0.3, -0.25) is 9.69 Å². The molecule has 1 fully saturated rings. The number of amides is 1. The number of aliphatic hydroxyl groups is 1. The predicted octanol–water partition coefficient (Wildman–Crippen LogP) is 3.57. The third-order valence-electron chi connectivity index (χ3n) is 5.44. The second-order valence-electron chi connectivity index (χ2n) is 7.51. The van der Waals surface area contributed by atoms with Crippen molar-refractivity contribution in [1.82, 2.24) is 10.2 Å². The van der Waals surface area contributed by atoms with Crippen molar-refractivity contribution in [2.24, 2.45) is 5.92 Å². The van der Waals surface area contributed by atoms with Crippen LogP contribution in [0.5, 0.6) is 0 Å². The molecule has 0 aliphatic carbocycles. The quantitative estimate of drug-likeness (QED) is 0.688. The van der Waals surface area contributed by atoms with E-state index in [-0.39, 0.29) is 12.5 Å². The van der Waals surface area contributed by atoms with Crippen molar-refractivity contribution in [2.45, 2.75) is 26.0 Å². The number of carbonyl (C=O) groups is 1. The van der Waals surface area contributed by atoms with Gasteiger partial charge in [0.05, 0.1) is 6.54 Å². The summed E-state index contributed by atoms with van der Waals surface area (Å²) >= 11 is 0. The minimum Gasteiger partial charge on any atom is -0.462 e. The van der Waals surface area contributed by atoms with Crippen molar-refractivity contribution in [1.29, 1.82) is 0 Å². The van der Waals surface area contributed by atoms with Crippen molar-refractivity contribution in [3.8, 4) is 0 Å². The van der Waals surface area contributed by atoms with Crippen molar-refractivity contribution < 1.29 is 14.3 Å². The fourth-order valence-corrected chi connectivity index (χ4v) is 4.03. The van der Waals surface area contributed by atoms with E-state index < -0.39 is 0 Å². The Morgan fingerprint density at radius 2 is 1.93 bits per heavy atom. The van der Waals surface area contributed by atoms with Crippen LogP contribution >= 0.6 is 0 Å². The molecule has 3 aromatic rings. The normalized spacial score (nSPS) is 17.7. The van der Waals surface area contributed by atoms with E-state index in [2.05, 4.69) is 10.2 Å². The molecule has 5 heteroatoms. The number of fused-ring (bicyclic) bond motifs is 1. The van der Waals surface area contributed by atoms with Gasteiger partial charge in [-0.1, -0.05) is 36.4 Å². The molecule has 28 heavy (non-hydrogen) atoms. The monoisotopic (exact) mass is 378 g/mol. The highest BCUT2D eigenvalue weighted by molar-refractivity contribution is 6.06. The number of piperidine rings is 1. The molecule has 5 nitrogen and oxygen atoms in total. The summed E-state index contributed by atoms with van der Waals surface area (Å²) in [5.41, 5.74) is 0.734. The van der Waals surface area contributed by atoms with Gasteiger partial charge in [0, 0.05) is 18.7 Å². The Morgan fingerprint density at radius 1 is 1.11 bits per heavy atom. The number of likely N-dealkylation sites (tertiary alicyclic amines) is 1. The van der Waals surface area contributed by atoms with Crippen LogP contribution in [-0.4, -0.2) is 35.5 Å². The first-order chi connectivity index (χ1) is 13.7. The third-order valence-corrected chi connectivity index (χ3v) is 5.44. The smallest absolute Gasteiger partial charge is 0.251 e. The molecule has 0 bridgehead atoms. The SMILES string of the molecule is O=C(NCC1CCCN(Cc2ccc(CO)o2)C1)c1cccc2ccccc12. The van der Waals surface area contributed by atoms with Crippen LogP contribution in [-0.2, 0) is 13.2 Å². The number of furan rings is 1. The number of nitrogens with one attached hydrogen (secondary N) is 1. The molecule has 1 saturated heterocycles. The van der Waals surface area contributed by atoms with Gasteiger partial charge < -0.3 is 14.8 Å². The summed E-state index contributed by atoms with van der Waals surface area (Å²) in [6, 6.07) is 17.6. The van der Waals surface area contributed by atoms with Crippen LogP contribution in [0.15, 0.2) is 59.0 Å². The van der Waals surface area contributed by atoms with E-state index in [0.717, 1.165) is 54.6 Å². The summed E-state index contributed by atoms with van der Waals surface area (Å²) in [6.45, 7) is 3.32. The molecular weight excluding hydrogens is 352 g/mol. The summed E-state index contributed by atoms with van der Waals surface area (Å²) in [5, 5.41) is 14.3. The lowest BCUT2D eigenvalue weighted by atomic mass is 9.97. The first-order valence-corrected chi connectivity index (χ1v) is 9.89. The van der Waals surface area contributed by atoms with Gasteiger partial charge >= 0.3 is 0 Å². The van der Waals surface area contributed by atoms with Crippen LogP contribution in [0.25, 0.3) is 10.8 Å². The Balaban J connectivity index is 1.34. The van der Waals surface area contributed by atoms with Crippen LogP contribution < -0.4 is 5.32 Å². The molecular formula is C23H26N2O3. The fraction of sp³-hybridized carbons (Fsp3) is 0.348. The van der Waals surface area contributed by atoms with Gasteiger partial charge in [-0.25, -0.2) is 0 Å². The zero-order valence-corrected chi connectivity index (χ0v) is 15.9. The van der Waals surface area contributed by atoms with Crippen LogP contribution in [0.4, 0.5) is 0 Å². The molecule has 4 rings (SSSR count). The van der Waals surface area contributed by atoms with Gasteiger partial charge in [-0.2, -0.15) is 0 Å². The minimum atomic E-state index is -0.0666. The van der Waals surface area contributed by atoms with E-state index in [9.17, 15) is 4.79 Å². The highest BCUT2D eigenvalue weighted by Crippen LogP contribution is 2.21. The van der Waals surface area contributed by atoms with Crippen molar-refractivity contribution in [3.63, 3.8) is 0 Å². The van der Waals surface area contributed by atoms with Crippen LogP contribution in [0.3, 0.4) is 0 Å². The molecule has 2 heterocycles. The van der Waals surface area contributed by atoms with E-state index in [1.807, 2.05) is 54.6 Å². The van der Waals surface area contributed by atoms with Crippen molar-refractivity contribution in [3.05, 3.63) is 71.7 Å². The lowest BCUT2D eigenvalue weighted by molar-refractivity contribution is 0.0929. The molecule has 1 aromatic heterocycles. The van der Waals surface area contributed by atoms with Gasteiger partial charge in [0.1, 0.15) is 18.1 Å². The zero-order valence-electron chi connectivity index (χ0n) is 15.9. The maximum absolute atomic E-state index is 12.7. The summed E-state index contributed by atoms with van der Waals surface area (Å²) in [7, 11) is 0. The number of nitrogens with zero attached hydrogens (tertiary/aromatic N) is 1. The summed E-state index contributed by atoms with van der Waals surface area (Å²) in [4.78, 5) is 15.1. The lowest BCUT2D eigenvalue weighted by Crippen LogP contribution is -2.40. The maximum Gasteiger partial charge on any atom is 0.251 e. The first kappa shape index (κ1) is 18.7. The average molecular weight is 378 g/mol. The van der Waals surface area contributed by atoms with Gasteiger partial charge in [0.25, 0.3) is 5.91 Å². The standard InChI is InChI=1S/C23H26N2O3/c26-16-20-11-10-19(28-20)15-25-12-4-5-17(14-25)13-24-23(27)22-9-3-7-18-6-1-2-8-21(18)22/h1-3,6-11,17,26H,4-5,12-16H2,(H,24,27). The summed E-state index contributed by atoms with van der Waals surface area (Å²) < 4.78 is 5.61. The minimum absolute atomic E-state index is 0.00690. The third kappa shape index (κ3) is 4.26. The molecule has 1 aliphatic heterocycles. The van der Waals surface area contributed by atoms with E-state index in [4.69, 9.17) is 9.52 Å².